The summed E-state index contributed by atoms with van der Waals surface area (Å²) in [5, 5.41) is 2.84. The van der Waals surface area contributed by atoms with Gasteiger partial charge in [-0.2, -0.15) is 0 Å². The van der Waals surface area contributed by atoms with Crippen LogP contribution in [-0.4, -0.2) is 30.1 Å². The molecule has 0 atom stereocenters. The normalized spacial score (nSPS) is 14.8. The fourth-order valence-corrected chi connectivity index (χ4v) is 3.45. The molecule has 1 aliphatic heterocycles. The minimum absolute atomic E-state index is 0.00282. The lowest BCUT2D eigenvalue weighted by Crippen LogP contribution is -2.30. The minimum atomic E-state index is -0.248. The van der Waals surface area contributed by atoms with Crippen LogP contribution >= 0.6 is 0 Å². The highest BCUT2D eigenvalue weighted by Gasteiger charge is 2.28. The summed E-state index contributed by atoms with van der Waals surface area (Å²) in [6.45, 7) is 7.84. The molecule has 5 nitrogen and oxygen atoms in total. The fourth-order valence-electron chi connectivity index (χ4n) is 3.45. The van der Waals surface area contributed by atoms with Crippen LogP contribution in [-0.2, 0) is 11.2 Å². The second kappa shape index (κ2) is 8.19. The Bertz CT molecular complexity index is 957. The number of benzene rings is 2. The largest absolute Gasteiger partial charge is 0.497 e. The number of ketones is 1. The lowest BCUT2D eigenvalue weighted by Gasteiger charge is -2.29. The van der Waals surface area contributed by atoms with E-state index >= 15 is 0 Å². The van der Waals surface area contributed by atoms with Gasteiger partial charge in [-0.25, -0.2) is 0 Å². The van der Waals surface area contributed by atoms with Crippen LogP contribution in [0.5, 0.6) is 5.75 Å². The van der Waals surface area contributed by atoms with Gasteiger partial charge in [-0.1, -0.05) is 19.9 Å². The Kier molecular flexibility index (Phi) is 5.87. The Morgan fingerprint density at radius 2 is 1.83 bits per heavy atom. The first-order chi connectivity index (χ1) is 13.7. The molecular formula is C24H28N2O3. The molecule has 1 aliphatic rings. The number of aliphatic imine (C=N–C) groups is 1. The van der Waals surface area contributed by atoms with Crippen LogP contribution in [0.1, 0.15) is 55.6 Å². The number of amides is 1. The zero-order chi connectivity index (χ0) is 21.2. The van der Waals surface area contributed by atoms with Crippen LogP contribution in [0.2, 0.25) is 0 Å². The lowest BCUT2D eigenvalue weighted by molar-refractivity contribution is -0.118. The van der Waals surface area contributed by atoms with Crippen molar-refractivity contribution < 1.29 is 14.3 Å². The van der Waals surface area contributed by atoms with Gasteiger partial charge in [0.2, 0.25) is 5.91 Å². The summed E-state index contributed by atoms with van der Waals surface area (Å²) in [5.41, 5.74) is 3.99. The van der Waals surface area contributed by atoms with Crippen molar-refractivity contribution in [1.82, 2.24) is 0 Å². The number of fused-ring (bicyclic) bond motifs is 1. The molecule has 1 heterocycles. The Morgan fingerprint density at radius 1 is 1.14 bits per heavy atom. The number of anilines is 1. The predicted octanol–water partition coefficient (Wildman–Crippen LogP) is 4.69. The molecule has 0 fully saturated rings. The van der Waals surface area contributed by atoms with E-state index < -0.39 is 0 Å². The Morgan fingerprint density at radius 3 is 2.45 bits per heavy atom. The maximum absolute atomic E-state index is 12.9. The number of hydrogen-bond acceptors (Lipinski definition) is 4. The first-order valence-electron chi connectivity index (χ1n) is 9.88. The molecule has 0 saturated carbocycles. The molecule has 2 aromatic rings. The van der Waals surface area contributed by atoms with Crippen LogP contribution in [0.4, 0.5) is 5.69 Å². The lowest BCUT2D eigenvalue weighted by atomic mass is 9.85. The van der Waals surface area contributed by atoms with Gasteiger partial charge in [-0.15, -0.1) is 0 Å². The van der Waals surface area contributed by atoms with Gasteiger partial charge in [0.05, 0.1) is 24.8 Å². The second-order valence-electron chi connectivity index (χ2n) is 8.39. The quantitative estimate of drug-likeness (QED) is 0.726. The van der Waals surface area contributed by atoms with Crippen LogP contribution < -0.4 is 10.1 Å². The maximum atomic E-state index is 12.9. The van der Waals surface area contributed by atoms with E-state index in [2.05, 4.69) is 25.2 Å². The van der Waals surface area contributed by atoms with Crippen molar-refractivity contribution in [3.05, 3.63) is 59.2 Å². The van der Waals surface area contributed by atoms with Gasteiger partial charge < -0.3 is 10.1 Å². The van der Waals surface area contributed by atoms with Crippen molar-refractivity contribution in [2.75, 3.05) is 12.4 Å². The number of Topliss-reactive ketones (excluding diaryl/α,β-unsaturated/α-hetero) is 1. The number of nitrogens with zero attached hydrogens (tertiary/aromatic N) is 1. The van der Waals surface area contributed by atoms with E-state index in [9.17, 15) is 9.59 Å². The summed E-state index contributed by atoms with van der Waals surface area (Å²) in [7, 11) is 1.64. The highest BCUT2D eigenvalue weighted by atomic mass is 16.5. The fraction of sp³-hybridized carbons (Fsp3) is 0.375. The first kappa shape index (κ1) is 20.8. The standard InChI is InChI=1S/C24H28N2O3/c1-15(2)23(28)25-18-9-6-16(7-10-18)22(27)13-21-20-12-19(29-5)11-8-17(20)14-24(3,4)26-21/h6-12,15H,13-14H2,1-5H3,(H,25,28). The number of hydrogen-bond donors (Lipinski definition) is 1. The molecule has 2 aromatic carbocycles. The average molecular weight is 392 g/mol. The van der Waals surface area contributed by atoms with E-state index in [0.717, 1.165) is 23.4 Å². The molecule has 152 valence electrons. The highest BCUT2D eigenvalue weighted by molar-refractivity contribution is 6.17. The van der Waals surface area contributed by atoms with Gasteiger partial charge in [-0.05, 0) is 62.2 Å². The molecule has 0 radical (unpaired) electrons. The van der Waals surface area contributed by atoms with Crippen molar-refractivity contribution in [3.63, 3.8) is 0 Å². The van der Waals surface area contributed by atoms with Gasteiger partial charge >= 0.3 is 0 Å². The maximum Gasteiger partial charge on any atom is 0.226 e. The number of carbonyl (C=O) groups is 2. The summed E-state index contributed by atoms with van der Waals surface area (Å²) in [6, 6.07) is 13.0. The first-order valence-corrected chi connectivity index (χ1v) is 9.88. The molecule has 0 aromatic heterocycles. The Balaban J connectivity index is 1.81. The zero-order valence-electron chi connectivity index (χ0n) is 17.7. The average Bonchev–Trinajstić information content (AvgIpc) is 2.67. The number of nitrogens with one attached hydrogen (secondary N) is 1. The molecule has 0 aliphatic carbocycles. The number of rotatable bonds is 6. The van der Waals surface area contributed by atoms with E-state index in [4.69, 9.17) is 9.73 Å². The van der Waals surface area contributed by atoms with Gasteiger partial charge in [0.1, 0.15) is 5.75 Å². The van der Waals surface area contributed by atoms with Crippen LogP contribution in [0, 0.1) is 5.92 Å². The summed E-state index contributed by atoms with van der Waals surface area (Å²) in [4.78, 5) is 29.6. The third-order valence-electron chi connectivity index (χ3n) is 5.02. The summed E-state index contributed by atoms with van der Waals surface area (Å²) >= 11 is 0. The molecular weight excluding hydrogens is 364 g/mol. The van der Waals surface area contributed by atoms with Crippen LogP contribution in [0.25, 0.3) is 0 Å². The van der Waals surface area contributed by atoms with Crippen LogP contribution in [0.15, 0.2) is 47.5 Å². The van der Waals surface area contributed by atoms with Crippen LogP contribution in [0.3, 0.4) is 0 Å². The van der Waals surface area contributed by atoms with Crippen molar-refractivity contribution in [2.45, 2.75) is 46.1 Å². The monoisotopic (exact) mass is 392 g/mol. The molecule has 29 heavy (non-hydrogen) atoms. The second-order valence-corrected chi connectivity index (χ2v) is 8.39. The van der Waals surface area contributed by atoms with E-state index in [-0.39, 0.29) is 29.6 Å². The molecule has 5 heteroatoms. The van der Waals surface area contributed by atoms with Gasteiger partial charge in [0.25, 0.3) is 0 Å². The molecule has 0 bridgehead atoms. The number of methoxy groups -OCH3 is 1. The van der Waals surface area contributed by atoms with Crippen molar-refractivity contribution in [3.8, 4) is 5.75 Å². The molecule has 0 spiro atoms. The summed E-state index contributed by atoms with van der Waals surface area (Å²) in [5.74, 6) is 0.611. The minimum Gasteiger partial charge on any atom is -0.497 e. The summed E-state index contributed by atoms with van der Waals surface area (Å²) < 4.78 is 5.36. The third-order valence-corrected chi connectivity index (χ3v) is 5.02. The van der Waals surface area contributed by atoms with E-state index in [1.165, 1.54) is 5.56 Å². The van der Waals surface area contributed by atoms with Crippen molar-refractivity contribution >= 4 is 23.1 Å². The van der Waals surface area contributed by atoms with E-state index in [1.54, 1.807) is 31.4 Å². The molecule has 0 saturated heterocycles. The Hall–Kier alpha value is -2.95. The molecule has 3 rings (SSSR count). The number of carbonyl (C=O) groups excluding carboxylic acids is 2. The van der Waals surface area contributed by atoms with Crippen molar-refractivity contribution in [1.29, 1.82) is 0 Å². The third kappa shape index (κ3) is 4.91. The van der Waals surface area contributed by atoms with Crippen molar-refractivity contribution in [2.24, 2.45) is 10.9 Å². The zero-order valence-corrected chi connectivity index (χ0v) is 17.7. The van der Waals surface area contributed by atoms with E-state index in [0.29, 0.717) is 11.3 Å². The van der Waals surface area contributed by atoms with Gasteiger partial charge in [0, 0.05) is 22.7 Å². The smallest absolute Gasteiger partial charge is 0.226 e. The number of ether oxygens (including phenoxy) is 1. The summed E-state index contributed by atoms with van der Waals surface area (Å²) in [6.07, 6.45) is 1.05. The predicted molar refractivity (Wildman–Crippen MR) is 116 cm³/mol. The SMILES string of the molecule is COc1ccc2c(c1)C(CC(=O)c1ccc(NC(=O)C(C)C)cc1)=NC(C)(C)C2. The molecule has 1 N–H and O–H groups in total. The van der Waals surface area contributed by atoms with Gasteiger partial charge in [0.15, 0.2) is 5.78 Å². The molecule has 1 amide bonds. The molecule has 0 unspecified atom stereocenters. The highest BCUT2D eigenvalue weighted by Crippen LogP contribution is 2.31. The topological polar surface area (TPSA) is 67.8 Å². The Labute approximate surface area is 172 Å². The van der Waals surface area contributed by atoms with E-state index in [1.807, 2.05) is 26.0 Å². The van der Waals surface area contributed by atoms with Gasteiger partial charge in [-0.3, -0.25) is 14.6 Å².